The number of anilines is 4. The molecule has 3 aromatic heterocycles. The average Bonchev–Trinajstić information content (AvgIpc) is 3.39. The summed E-state index contributed by atoms with van der Waals surface area (Å²) in [7, 11) is 0. The Labute approximate surface area is 218 Å². The maximum absolute atomic E-state index is 12.3. The number of nitrogens with zero attached hydrogens (tertiary/aromatic N) is 5. The van der Waals surface area contributed by atoms with Gasteiger partial charge in [-0.2, -0.15) is 0 Å². The zero-order valence-electron chi connectivity index (χ0n) is 20.2. The molecule has 1 aromatic carbocycles. The molecule has 4 aromatic rings. The number of nitrogens with one attached hydrogen (secondary N) is 2. The number of fused-ring (bicyclic) bond motifs is 1. The quantitative estimate of drug-likeness (QED) is 0.408. The maximum Gasteiger partial charge on any atom is 0.323 e. The molecule has 2 N–H and O–H groups in total. The summed E-state index contributed by atoms with van der Waals surface area (Å²) in [5.41, 5.74) is 5.23. The number of hydrogen-bond acceptors (Lipinski definition) is 9. The number of hydrogen-bond donors (Lipinski definition) is 2. The zero-order chi connectivity index (χ0) is 25.0. The molecule has 0 spiro atoms. The number of ether oxygens (including phenoxy) is 2. The van der Waals surface area contributed by atoms with Crippen LogP contribution in [0.15, 0.2) is 54.9 Å². The fourth-order valence-corrected chi connectivity index (χ4v) is 5.43. The number of thiazole rings is 1. The largest absolute Gasteiger partial charge is 0.378 e. The van der Waals surface area contributed by atoms with Crippen LogP contribution in [0.5, 0.6) is 0 Å². The van der Waals surface area contributed by atoms with Gasteiger partial charge in [0.2, 0.25) is 0 Å². The van der Waals surface area contributed by atoms with E-state index in [1.165, 1.54) is 0 Å². The van der Waals surface area contributed by atoms with Gasteiger partial charge < -0.3 is 29.9 Å². The Morgan fingerprint density at radius 2 is 1.43 bits per heavy atom. The lowest BCUT2D eigenvalue weighted by atomic mass is 10.1. The van der Waals surface area contributed by atoms with Crippen molar-refractivity contribution in [3.05, 3.63) is 54.9 Å². The molecule has 0 radical (unpaired) electrons. The molecule has 2 aliphatic heterocycles. The second kappa shape index (κ2) is 10.7. The van der Waals surface area contributed by atoms with E-state index < -0.39 is 0 Å². The van der Waals surface area contributed by atoms with Crippen molar-refractivity contribution in [2.24, 2.45) is 0 Å². The third-order valence-corrected chi connectivity index (χ3v) is 7.36. The molecule has 0 atom stereocenters. The average molecular weight is 518 g/mol. The van der Waals surface area contributed by atoms with E-state index in [4.69, 9.17) is 19.4 Å². The number of amides is 2. The van der Waals surface area contributed by atoms with Crippen molar-refractivity contribution in [3.63, 3.8) is 0 Å². The summed E-state index contributed by atoms with van der Waals surface area (Å²) in [6.07, 6.45) is 3.26. The summed E-state index contributed by atoms with van der Waals surface area (Å²) in [4.78, 5) is 31.8. The van der Waals surface area contributed by atoms with Gasteiger partial charge in [0.05, 0.1) is 37.8 Å². The maximum atomic E-state index is 12.3. The lowest BCUT2D eigenvalue weighted by Gasteiger charge is -2.29. The van der Waals surface area contributed by atoms with Crippen molar-refractivity contribution in [3.8, 4) is 11.3 Å². The molecular formula is C26H27N7O3S. The predicted molar refractivity (Wildman–Crippen MR) is 146 cm³/mol. The molecule has 5 heterocycles. The molecule has 2 aliphatic rings. The monoisotopic (exact) mass is 517 g/mol. The van der Waals surface area contributed by atoms with E-state index >= 15 is 0 Å². The number of carbonyl (C=O) groups is 1. The Balaban J connectivity index is 1.27. The van der Waals surface area contributed by atoms with E-state index in [1.807, 2.05) is 24.3 Å². The van der Waals surface area contributed by atoms with Gasteiger partial charge in [-0.05, 0) is 30.3 Å². The highest BCUT2D eigenvalue weighted by Gasteiger charge is 2.22. The van der Waals surface area contributed by atoms with Crippen LogP contribution in [0.3, 0.4) is 0 Å². The highest BCUT2D eigenvalue weighted by atomic mass is 32.1. The summed E-state index contributed by atoms with van der Waals surface area (Å²) in [5.74, 6) is 0. The normalized spacial score (nSPS) is 16.1. The molecule has 0 unspecified atom stereocenters. The van der Waals surface area contributed by atoms with Gasteiger partial charge >= 0.3 is 6.03 Å². The van der Waals surface area contributed by atoms with Gasteiger partial charge in [-0.25, -0.2) is 14.8 Å². The van der Waals surface area contributed by atoms with E-state index in [0.29, 0.717) is 37.8 Å². The smallest absolute Gasteiger partial charge is 0.323 e. The van der Waals surface area contributed by atoms with E-state index in [-0.39, 0.29) is 6.03 Å². The summed E-state index contributed by atoms with van der Waals surface area (Å²) in [5, 5.41) is 6.64. The number of rotatable bonds is 5. The number of urea groups is 1. The number of aromatic nitrogens is 3. The van der Waals surface area contributed by atoms with E-state index in [9.17, 15) is 4.79 Å². The van der Waals surface area contributed by atoms with Crippen molar-refractivity contribution in [1.29, 1.82) is 0 Å². The molecular weight excluding hydrogens is 490 g/mol. The van der Waals surface area contributed by atoms with Crippen LogP contribution in [-0.4, -0.2) is 73.6 Å². The fourth-order valence-electron chi connectivity index (χ4n) is 4.42. The van der Waals surface area contributed by atoms with Crippen molar-refractivity contribution >= 4 is 49.9 Å². The first-order valence-electron chi connectivity index (χ1n) is 12.3. The molecule has 0 saturated carbocycles. The summed E-state index contributed by atoms with van der Waals surface area (Å²) >= 11 is 1.62. The van der Waals surface area contributed by atoms with Gasteiger partial charge in [-0.3, -0.25) is 4.98 Å². The van der Waals surface area contributed by atoms with Crippen LogP contribution < -0.4 is 20.4 Å². The van der Waals surface area contributed by atoms with Gasteiger partial charge in [0.15, 0.2) is 5.13 Å². The first-order chi connectivity index (χ1) is 18.2. The Bertz CT molecular complexity index is 1370. The lowest BCUT2D eigenvalue weighted by Crippen LogP contribution is -2.36. The predicted octanol–water partition coefficient (Wildman–Crippen LogP) is 4.07. The third kappa shape index (κ3) is 5.33. The van der Waals surface area contributed by atoms with Gasteiger partial charge in [-0.1, -0.05) is 23.5 Å². The van der Waals surface area contributed by atoms with E-state index in [1.54, 1.807) is 35.9 Å². The van der Waals surface area contributed by atoms with Gasteiger partial charge in [0.25, 0.3) is 0 Å². The molecule has 10 nitrogen and oxygen atoms in total. The Morgan fingerprint density at radius 1 is 0.811 bits per heavy atom. The van der Waals surface area contributed by atoms with Crippen LogP contribution in [-0.2, 0) is 9.47 Å². The van der Waals surface area contributed by atoms with Crippen LogP contribution in [0.4, 0.5) is 27.0 Å². The zero-order valence-corrected chi connectivity index (χ0v) is 21.0. The summed E-state index contributed by atoms with van der Waals surface area (Å²) in [6.45, 7) is 6.13. The van der Waals surface area contributed by atoms with Crippen LogP contribution in [0.1, 0.15) is 0 Å². The van der Waals surface area contributed by atoms with Crippen LogP contribution in [0, 0.1) is 0 Å². The Kier molecular flexibility index (Phi) is 6.80. The molecule has 2 saturated heterocycles. The minimum atomic E-state index is -0.312. The van der Waals surface area contributed by atoms with E-state index in [2.05, 4.69) is 31.5 Å². The number of morpholine rings is 2. The first-order valence-corrected chi connectivity index (χ1v) is 13.1. The molecule has 190 valence electrons. The fraction of sp³-hybridized carbons (Fsp3) is 0.308. The van der Waals surface area contributed by atoms with Gasteiger partial charge in [-0.15, -0.1) is 0 Å². The number of carbonyl (C=O) groups excluding carboxylic acids is 1. The summed E-state index contributed by atoms with van der Waals surface area (Å²) in [6, 6.07) is 13.0. The van der Waals surface area contributed by atoms with Crippen LogP contribution >= 0.6 is 11.3 Å². The molecule has 0 aliphatic carbocycles. The minimum absolute atomic E-state index is 0.312. The Hall–Kier alpha value is -3.80. The van der Waals surface area contributed by atoms with Crippen molar-refractivity contribution in [2.45, 2.75) is 0 Å². The first kappa shape index (κ1) is 23.6. The van der Waals surface area contributed by atoms with Crippen LogP contribution in [0.2, 0.25) is 0 Å². The number of benzene rings is 1. The third-order valence-electron chi connectivity index (χ3n) is 6.35. The van der Waals surface area contributed by atoms with Crippen LogP contribution in [0.25, 0.3) is 21.6 Å². The van der Waals surface area contributed by atoms with Gasteiger partial charge in [0, 0.05) is 55.5 Å². The molecule has 2 fully saturated rings. The molecule has 11 heteroatoms. The van der Waals surface area contributed by atoms with Crippen molar-refractivity contribution < 1.29 is 14.3 Å². The standard InChI is InChI=1S/C26H27N7O3S/c34-25(29-20-5-7-27-8-6-20)28-19-3-1-18(2-4-19)21-17-22(32-9-13-35-14-10-32)23-24(30-21)37-26(31-23)33-11-15-36-16-12-33/h1-8,17H,9-16H2,(H2,27,28,29,34). The summed E-state index contributed by atoms with van der Waals surface area (Å²) < 4.78 is 11.1. The van der Waals surface area contributed by atoms with Crippen molar-refractivity contribution in [2.75, 3.05) is 73.0 Å². The van der Waals surface area contributed by atoms with Gasteiger partial charge in [0.1, 0.15) is 10.3 Å². The number of pyridine rings is 2. The molecule has 6 rings (SSSR count). The highest BCUT2D eigenvalue weighted by Crippen LogP contribution is 2.37. The SMILES string of the molecule is O=C(Nc1ccncc1)Nc1ccc(-c2cc(N3CCOCC3)c3nc(N4CCOCC4)sc3n2)cc1. The topological polar surface area (TPSA) is 105 Å². The molecule has 0 bridgehead atoms. The molecule has 2 amide bonds. The van der Waals surface area contributed by atoms with E-state index in [0.717, 1.165) is 58.6 Å². The minimum Gasteiger partial charge on any atom is -0.378 e. The second-order valence-electron chi connectivity index (χ2n) is 8.77. The second-order valence-corrected chi connectivity index (χ2v) is 9.72. The molecule has 37 heavy (non-hydrogen) atoms. The Morgan fingerprint density at radius 3 is 2.11 bits per heavy atom. The lowest BCUT2D eigenvalue weighted by molar-refractivity contribution is 0.122. The highest BCUT2D eigenvalue weighted by molar-refractivity contribution is 7.21. The van der Waals surface area contributed by atoms with Crippen molar-refractivity contribution in [1.82, 2.24) is 15.0 Å².